The number of benzene rings is 7. The van der Waals surface area contributed by atoms with E-state index in [4.69, 9.17) is 34.2 Å². The van der Waals surface area contributed by atoms with Gasteiger partial charge in [-0.1, -0.05) is 207 Å². The lowest BCUT2D eigenvalue weighted by molar-refractivity contribution is -0.129. The van der Waals surface area contributed by atoms with E-state index in [-0.39, 0.29) is 138 Å². The molecule has 0 fully saturated rings. The molecule has 104 heavy (non-hydrogen) atoms. The SMILES string of the molecule is C=C1NCCN(CCN)CCN2CCNC(=O)C3=C(OCc4ccccc4)C(OCc4ccccc4)C(C=C3)C(=O)NCCN(CCNC(=O)c3ccc(c(OCc4ccccc4)c3OCc3ccccc3)C(=O)NCC2)CCNC(=O)C2C=CC1=C(OCc1ccccc1)C2OCc1ccccc1. The van der Waals surface area contributed by atoms with E-state index in [2.05, 4.69) is 48.3 Å². The van der Waals surface area contributed by atoms with Crippen LogP contribution in [0.5, 0.6) is 11.5 Å². The van der Waals surface area contributed by atoms with Crippen molar-refractivity contribution in [1.82, 2.24) is 46.6 Å². The van der Waals surface area contributed by atoms with Crippen molar-refractivity contribution in [2.75, 3.05) is 105 Å². The molecule has 14 rings (SSSR count). The van der Waals surface area contributed by atoms with Crippen LogP contribution in [0.15, 0.2) is 253 Å². The first kappa shape index (κ1) is 74.5. The standard InChI is InChI=1S/C83H94N10O11/c1-60-67-32-33-68(74(100-55-62-22-10-3-11-23-62)73(67)99-54-61-20-8-2-9-21-61)79(94)86-40-47-92-48-41-87-80(95)69-34-36-71(77(103-58-65-28-16-6-17-29-65)75(69)101-56-63-24-12-4-13-25-63)82(97)89-43-50-93(53-52-91(45-38-84)46-39-85-60)51-44-90-83(98)72-37-35-70(81(96)88-42-49-92)76(102-57-64-26-14-5-15-27-64)78(72)104-59-66-30-18-7-19-31-66/h2-37,68-69,74-75,85H,1,38-59,84H2,(H,86,94)(H,87,95)(H,88,96)(H,89,97)(H,90,98). The fourth-order valence-corrected chi connectivity index (χ4v) is 12.7. The minimum Gasteiger partial charge on any atom is -0.490 e. The van der Waals surface area contributed by atoms with E-state index in [0.717, 1.165) is 33.4 Å². The van der Waals surface area contributed by atoms with Crippen LogP contribution in [0.2, 0.25) is 0 Å². The maximum atomic E-state index is 15.1. The summed E-state index contributed by atoms with van der Waals surface area (Å²) in [4.78, 5) is 81.4. The molecule has 6 unspecified atom stereocenters. The lowest BCUT2D eigenvalue weighted by Gasteiger charge is -2.32. The van der Waals surface area contributed by atoms with Crippen molar-refractivity contribution in [3.05, 3.63) is 298 Å². The van der Waals surface area contributed by atoms with Gasteiger partial charge in [-0.05, 0) is 51.6 Å². The third-order valence-electron chi connectivity index (χ3n) is 18.4. The highest BCUT2D eigenvalue weighted by molar-refractivity contribution is 6.03. The first-order valence-corrected chi connectivity index (χ1v) is 35.7. The number of fused-ring (bicyclic) bond motifs is 1. The number of nitrogens with one attached hydrogen (secondary N) is 6. The van der Waals surface area contributed by atoms with Crippen molar-refractivity contribution < 1.29 is 52.4 Å². The van der Waals surface area contributed by atoms with E-state index < -0.39 is 41.8 Å². The van der Waals surface area contributed by atoms with Gasteiger partial charge in [0.15, 0.2) is 11.5 Å². The van der Waals surface area contributed by atoms with Gasteiger partial charge in [0.05, 0.1) is 41.7 Å². The largest absolute Gasteiger partial charge is 0.490 e. The maximum absolute atomic E-state index is 15.1. The fraction of sp³-hybridized carbons (Fsp3) is 0.313. The van der Waals surface area contributed by atoms with E-state index in [1.807, 2.05) is 199 Å². The summed E-state index contributed by atoms with van der Waals surface area (Å²) < 4.78 is 40.4. The summed E-state index contributed by atoms with van der Waals surface area (Å²) >= 11 is 0. The fourth-order valence-electron chi connectivity index (χ4n) is 12.7. The molecule has 2 aliphatic carbocycles. The second kappa shape index (κ2) is 39.1. The van der Waals surface area contributed by atoms with Gasteiger partial charge >= 0.3 is 0 Å². The molecule has 6 atom stereocenters. The maximum Gasteiger partial charge on any atom is 0.255 e. The highest BCUT2D eigenvalue weighted by Crippen LogP contribution is 2.38. The van der Waals surface area contributed by atoms with Gasteiger partial charge in [0, 0.05) is 116 Å². The van der Waals surface area contributed by atoms with Crippen LogP contribution in [0.4, 0.5) is 0 Å². The second-order valence-electron chi connectivity index (χ2n) is 25.7. The molecule has 8 bridgehead atoms. The average molecular weight is 1410 g/mol. The van der Waals surface area contributed by atoms with E-state index in [1.165, 1.54) is 0 Å². The van der Waals surface area contributed by atoms with E-state index in [9.17, 15) is 14.4 Å². The molecule has 7 aromatic rings. The molecule has 0 aromatic heterocycles. The smallest absolute Gasteiger partial charge is 0.255 e. The Morgan fingerprint density at radius 3 is 1.11 bits per heavy atom. The first-order valence-electron chi connectivity index (χ1n) is 35.7. The number of amides is 5. The van der Waals surface area contributed by atoms with Crippen molar-refractivity contribution in [3.63, 3.8) is 0 Å². The molecule has 5 aliphatic heterocycles. The Hall–Kier alpha value is -10.7. The lowest BCUT2D eigenvalue weighted by Crippen LogP contribution is -2.47. The number of hydrogen-bond acceptors (Lipinski definition) is 16. The number of carbonyl (C=O) groups is 5. The molecule has 7 aliphatic rings. The Kier molecular flexibility index (Phi) is 28.0. The van der Waals surface area contributed by atoms with Gasteiger partial charge in [-0.15, -0.1) is 0 Å². The van der Waals surface area contributed by atoms with Crippen molar-refractivity contribution >= 4 is 29.5 Å². The summed E-state index contributed by atoms with van der Waals surface area (Å²) in [7, 11) is 0. The zero-order chi connectivity index (χ0) is 72.1. The van der Waals surface area contributed by atoms with Crippen molar-refractivity contribution in [2.45, 2.75) is 51.8 Å². The number of rotatable bonds is 20. The number of nitrogens with two attached hydrogens (primary N) is 1. The summed E-state index contributed by atoms with van der Waals surface area (Å²) in [6.07, 6.45) is 5.10. The van der Waals surface area contributed by atoms with Crippen molar-refractivity contribution in [2.24, 2.45) is 17.6 Å². The Morgan fingerprint density at radius 1 is 0.365 bits per heavy atom. The van der Waals surface area contributed by atoms with Crippen LogP contribution in [0.3, 0.4) is 0 Å². The van der Waals surface area contributed by atoms with Gasteiger partial charge in [0.25, 0.3) is 17.7 Å². The molecule has 5 amide bonds. The van der Waals surface area contributed by atoms with E-state index in [0.29, 0.717) is 69.4 Å². The molecule has 0 saturated heterocycles. The van der Waals surface area contributed by atoms with Crippen LogP contribution in [0.1, 0.15) is 54.1 Å². The Bertz CT molecular complexity index is 4090. The molecule has 0 saturated carbocycles. The molecule has 0 radical (unpaired) electrons. The van der Waals surface area contributed by atoms with Gasteiger partial charge in [0.1, 0.15) is 50.2 Å². The molecule has 5 heterocycles. The normalized spacial score (nSPS) is 20.8. The first-order chi connectivity index (χ1) is 51.0. The highest BCUT2D eigenvalue weighted by atomic mass is 16.5. The highest BCUT2D eigenvalue weighted by Gasteiger charge is 2.39. The number of nitrogens with zero attached hydrogens (tertiary/aromatic N) is 3. The van der Waals surface area contributed by atoms with Gasteiger partial charge < -0.3 is 66.1 Å². The minimum absolute atomic E-state index is 0.0441. The molecule has 8 N–H and O–H groups in total. The van der Waals surface area contributed by atoms with Crippen LogP contribution in [-0.2, 0) is 73.0 Å². The number of allylic oxidation sites excluding steroid dienone is 1. The van der Waals surface area contributed by atoms with Crippen LogP contribution in [-0.4, -0.2) is 161 Å². The number of ether oxygens (including phenoxy) is 6. The van der Waals surface area contributed by atoms with Gasteiger partial charge in [-0.25, -0.2) is 0 Å². The summed E-state index contributed by atoms with van der Waals surface area (Å²) in [5, 5.41) is 19.4. The third-order valence-corrected chi connectivity index (χ3v) is 18.4. The third kappa shape index (κ3) is 21.5. The Morgan fingerprint density at radius 2 is 0.702 bits per heavy atom. The second-order valence-corrected chi connectivity index (χ2v) is 25.7. The minimum atomic E-state index is -1.05. The Balaban J connectivity index is 0.973. The summed E-state index contributed by atoms with van der Waals surface area (Å²) in [5.74, 6) is -3.09. The summed E-state index contributed by atoms with van der Waals surface area (Å²) in [6.45, 7) is 10.2. The van der Waals surface area contributed by atoms with Crippen LogP contribution in [0, 0.1) is 11.8 Å². The molecule has 0 spiro atoms. The molecule has 21 nitrogen and oxygen atoms in total. The zero-order valence-corrected chi connectivity index (χ0v) is 58.8. The van der Waals surface area contributed by atoms with Gasteiger partial charge in [-0.2, -0.15) is 0 Å². The Labute approximate surface area is 609 Å². The molecule has 21 heteroatoms. The van der Waals surface area contributed by atoms with Crippen LogP contribution in [0.25, 0.3) is 0 Å². The number of hydrogen-bond donors (Lipinski definition) is 7. The summed E-state index contributed by atoms with van der Waals surface area (Å²) in [6, 6.07) is 61.0. The van der Waals surface area contributed by atoms with Crippen LogP contribution >= 0.6 is 0 Å². The molecule has 542 valence electrons. The van der Waals surface area contributed by atoms with Crippen molar-refractivity contribution in [1.29, 1.82) is 0 Å². The van der Waals surface area contributed by atoms with Gasteiger partial charge in [0.2, 0.25) is 11.8 Å². The van der Waals surface area contributed by atoms with Crippen LogP contribution < -0.4 is 47.1 Å². The molecular formula is C83H94N10O11. The van der Waals surface area contributed by atoms with E-state index >= 15 is 9.59 Å². The zero-order valence-electron chi connectivity index (χ0n) is 58.8. The summed E-state index contributed by atoms with van der Waals surface area (Å²) in [5.41, 5.74) is 13.2. The lowest BCUT2D eigenvalue weighted by atomic mass is 9.89. The molecular weight excluding hydrogens is 1310 g/mol. The monoisotopic (exact) mass is 1410 g/mol. The van der Waals surface area contributed by atoms with Gasteiger partial charge in [-0.3, -0.25) is 38.7 Å². The topological polar surface area (TPSA) is 249 Å². The van der Waals surface area contributed by atoms with Crippen molar-refractivity contribution in [3.8, 4) is 11.5 Å². The molecule has 7 aromatic carbocycles. The number of carbonyl (C=O) groups excluding carboxylic acids is 5. The predicted octanol–water partition coefficient (Wildman–Crippen LogP) is 8.13. The quantitative estimate of drug-likeness (QED) is 0.0381. The predicted molar refractivity (Wildman–Crippen MR) is 399 cm³/mol. The van der Waals surface area contributed by atoms with E-state index in [1.54, 1.807) is 24.3 Å². The average Bonchev–Trinajstić information content (AvgIpc) is 0.806.